The van der Waals surface area contributed by atoms with Crippen LogP contribution in [0.5, 0.6) is 0 Å². The molecule has 0 radical (unpaired) electrons. The summed E-state index contributed by atoms with van der Waals surface area (Å²) >= 11 is 0. The summed E-state index contributed by atoms with van der Waals surface area (Å²) in [5, 5.41) is 8.90. The topological polar surface area (TPSA) is 157 Å². The van der Waals surface area contributed by atoms with Crippen LogP contribution in [0.2, 0.25) is 0 Å². The fourth-order valence-corrected chi connectivity index (χ4v) is 4.45. The smallest absolute Gasteiger partial charge is 0.410 e. The molecule has 2 atom stereocenters. The van der Waals surface area contributed by atoms with Crippen molar-refractivity contribution >= 4 is 32.4 Å². The van der Waals surface area contributed by atoms with Gasteiger partial charge < -0.3 is 14.7 Å². The molecule has 2 fully saturated rings. The highest BCUT2D eigenvalue weighted by molar-refractivity contribution is 7.86. The summed E-state index contributed by atoms with van der Waals surface area (Å²) in [4.78, 5) is 24.9. The molecule has 0 aliphatic carbocycles. The van der Waals surface area contributed by atoms with Crippen molar-refractivity contribution in [2.24, 2.45) is 5.41 Å². The molecule has 1 N–H and O–H groups in total. The fraction of sp³-hybridized carbons (Fsp3) is 0.889. The number of carbonyl (C=O) groups excluding carboxylic acids is 1. The van der Waals surface area contributed by atoms with Gasteiger partial charge in [-0.3, -0.25) is 13.3 Å². The van der Waals surface area contributed by atoms with Crippen molar-refractivity contribution in [3.63, 3.8) is 0 Å². The van der Waals surface area contributed by atoms with E-state index < -0.39 is 56.3 Å². The molecule has 14 heteroatoms. The van der Waals surface area contributed by atoms with Crippen molar-refractivity contribution in [2.75, 3.05) is 32.1 Å². The SMILES string of the molecule is CC(C)(C)C1C(OS(C)(=O)=O)CN1C(=O)O.CC(C)(C)OC(=O)N1CC(OS(C)(=O)=O)C1. The predicted molar refractivity (Wildman–Crippen MR) is 115 cm³/mol. The van der Waals surface area contributed by atoms with E-state index in [1.807, 2.05) is 20.8 Å². The van der Waals surface area contributed by atoms with E-state index in [0.717, 1.165) is 12.5 Å². The lowest BCUT2D eigenvalue weighted by atomic mass is 9.77. The van der Waals surface area contributed by atoms with Crippen molar-refractivity contribution in [1.29, 1.82) is 0 Å². The van der Waals surface area contributed by atoms with Crippen LogP contribution in [0, 0.1) is 5.41 Å². The lowest BCUT2D eigenvalue weighted by molar-refractivity contribution is -0.0746. The standard InChI is InChI=1S/2C9H17NO5S/c1-9(2,3)14-8(11)10-5-7(6-10)15-16(4,12)13;1-9(2,3)7-6(15-16(4,13)14)5-10(7)8(11)12/h7H,5-6H2,1-4H3;6-7H,5H2,1-4H3,(H,11,12). The van der Waals surface area contributed by atoms with Crippen LogP contribution in [0.25, 0.3) is 0 Å². The Bertz CT molecular complexity index is 897. The molecule has 12 nitrogen and oxygen atoms in total. The number of rotatable bonds is 4. The average molecular weight is 503 g/mol. The van der Waals surface area contributed by atoms with Gasteiger partial charge in [-0.15, -0.1) is 0 Å². The van der Waals surface area contributed by atoms with Gasteiger partial charge in [-0.25, -0.2) is 9.59 Å². The summed E-state index contributed by atoms with van der Waals surface area (Å²) in [6.45, 7) is 11.5. The quantitative estimate of drug-likeness (QED) is 0.556. The summed E-state index contributed by atoms with van der Waals surface area (Å²) in [6.07, 6.45) is -0.554. The maximum absolute atomic E-state index is 11.5. The number of carboxylic acid groups (broad SMARTS) is 1. The van der Waals surface area contributed by atoms with Crippen LogP contribution in [-0.2, 0) is 33.3 Å². The molecule has 2 aliphatic heterocycles. The Kier molecular flexibility index (Phi) is 8.60. The monoisotopic (exact) mass is 502 g/mol. The highest BCUT2D eigenvalue weighted by atomic mass is 32.2. The first kappa shape index (κ1) is 28.4. The summed E-state index contributed by atoms with van der Waals surface area (Å²) < 4.78 is 58.2. The fourth-order valence-electron chi connectivity index (χ4n) is 3.22. The zero-order valence-electron chi connectivity index (χ0n) is 19.7. The molecule has 2 amide bonds. The van der Waals surface area contributed by atoms with E-state index in [-0.39, 0.29) is 25.0 Å². The number of ether oxygens (including phenoxy) is 1. The molecule has 0 spiro atoms. The van der Waals surface area contributed by atoms with E-state index in [2.05, 4.69) is 0 Å². The van der Waals surface area contributed by atoms with Crippen LogP contribution in [0.15, 0.2) is 0 Å². The van der Waals surface area contributed by atoms with Gasteiger partial charge in [0.1, 0.15) is 17.8 Å². The summed E-state index contributed by atoms with van der Waals surface area (Å²) in [5.74, 6) is 0. The second-order valence-corrected chi connectivity index (χ2v) is 13.1. The largest absolute Gasteiger partial charge is 0.465 e. The Morgan fingerprint density at radius 2 is 1.34 bits per heavy atom. The number of likely N-dealkylation sites (tertiary alicyclic amines) is 2. The van der Waals surface area contributed by atoms with Gasteiger partial charge in [-0.05, 0) is 26.2 Å². The third-order valence-corrected chi connectivity index (χ3v) is 5.53. The Balaban J connectivity index is 0.000000320. The molecule has 0 aromatic rings. The normalized spacial score (nSPS) is 22.2. The minimum atomic E-state index is -3.55. The van der Waals surface area contributed by atoms with Crippen molar-refractivity contribution in [3.8, 4) is 0 Å². The van der Waals surface area contributed by atoms with E-state index >= 15 is 0 Å². The number of nitrogens with zero attached hydrogens (tertiary/aromatic N) is 2. The molecular weight excluding hydrogens is 468 g/mol. The highest BCUT2D eigenvalue weighted by Crippen LogP contribution is 2.36. The Morgan fingerprint density at radius 3 is 1.69 bits per heavy atom. The van der Waals surface area contributed by atoms with Gasteiger partial charge in [-0.2, -0.15) is 16.8 Å². The number of hydrogen-bond acceptors (Lipinski definition) is 9. The molecule has 2 saturated heterocycles. The van der Waals surface area contributed by atoms with E-state index in [1.54, 1.807) is 20.8 Å². The Hall–Kier alpha value is -1.64. The van der Waals surface area contributed by atoms with E-state index in [1.165, 1.54) is 9.80 Å². The Morgan fingerprint density at radius 1 is 0.875 bits per heavy atom. The van der Waals surface area contributed by atoms with Crippen molar-refractivity contribution in [1.82, 2.24) is 9.80 Å². The molecule has 2 rings (SSSR count). The van der Waals surface area contributed by atoms with E-state index in [4.69, 9.17) is 18.2 Å². The number of amides is 2. The minimum Gasteiger partial charge on any atom is -0.465 e. The minimum absolute atomic E-state index is 0.102. The first-order valence-electron chi connectivity index (χ1n) is 9.83. The van der Waals surface area contributed by atoms with Gasteiger partial charge in [0.15, 0.2) is 0 Å². The maximum Gasteiger partial charge on any atom is 0.410 e. The second kappa shape index (κ2) is 9.69. The average Bonchev–Trinajstić information content (AvgIpc) is 2.40. The van der Waals surface area contributed by atoms with Crippen LogP contribution >= 0.6 is 0 Å². The zero-order valence-corrected chi connectivity index (χ0v) is 21.3. The van der Waals surface area contributed by atoms with Gasteiger partial charge in [-0.1, -0.05) is 20.8 Å². The number of hydrogen-bond donors (Lipinski definition) is 1. The van der Waals surface area contributed by atoms with Gasteiger partial charge in [0.25, 0.3) is 20.2 Å². The third-order valence-electron chi connectivity index (χ3n) is 4.31. The third kappa shape index (κ3) is 9.46. The van der Waals surface area contributed by atoms with Crippen LogP contribution < -0.4 is 0 Å². The van der Waals surface area contributed by atoms with Crippen LogP contribution in [0.3, 0.4) is 0 Å². The van der Waals surface area contributed by atoms with Crippen molar-refractivity contribution < 1.29 is 44.6 Å². The summed E-state index contributed by atoms with van der Waals surface area (Å²) in [7, 11) is -6.99. The molecule has 2 heterocycles. The highest BCUT2D eigenvalue weighted by Gasteiger charge is 2.50. The Labute approximate surface area is 190 Å². The summed E-state index contributed by atoms with van der Waals surface area (Å²) in [5.41, 5.74) is -0.897. The molecule has 0 saturated carbocycles. The zero-order chi connectivity index (χ0) is 25.3. The molecule has 0 aromatic carbocycles. The van der Waals surface area contributed by atoms with E-state index in [0.29, 0.717) is 0 Å². The summed E-state index contributed by atoms with van der Waals surface area (Å²) in [6, 6.07) is -0.431. The lowest BCUT2D eigenvalue weighted by Gasteiger charge is -2.51. The molecule has 188 valence electrons. The van der Waals surface area contributed by atoms with Gasteiger partial charge in [0.05, 0.1) is 38.2 Å². The predicted octanol–water partition coefficient (Wildman–Crippen LogP) is 1.32. The van der Waals surface area contributed by atoms with Crippen molar-refractivity contribution in [3.05, 3.63) is 0 Å². The first-order chi connectivity index (χ1) is 14.1. The van der Waals surface area contributed by atoms with Crippen molar-refractivity contribution in [2.45, 2.75) is 65.4 Å². The lowest BCUT2D eigenvalue weighted by Crippen LogP contribution is -2.67. The molecule has 2 unspecified atom stereocenters. The number of carbonyl (C=O) groups is 2. The molecular formula is C18H34N2O10S2. The van der Waals surface area contributed by atoms with Gasteiger partial charge in [0.2, 0.25) is 0 Å². The van der Waals surface area contributed by atoms with Gasteiger partial charge in [0, 0.05) is 0 Å². The maximum atomic E-state index is 11.5. The van der Waals surface area contributed by atoms with Gasteiger partial charge >= 0.3 is 12.2 Å². The second-order valence-electron chi connectivity index (χ2n) is 9.89. The van der Waals surface area contributed by atoms with Crippen LogP contribution in [0.4, 0.5) is 9.59 Å². The molecule has 32 heavy (non-hydrogen) atoms. The molecule has 0 bridgehead atoms. The molecule has 2 aliphatic rings. The van der Waals surface area contributed by atoms with Crippen LogP contribution in [-0.4, -0.2) is 99.9 Å². The first-order valence-corrected chi connectivity index (χ1v) is 13.5. The molecule has 0 aromatic heterocycles. The van der Waals surface area contributed by atoms with E-state index in [9.17, 15) is 26.4 Å². The van der Waals surface area contributed by atoms with Crippen LogP contribution in [0.1, 0.15) is 41.5 Å².